The maximum Gasteiger partial charge on any atom is 0.339 e. The molecule has 0 radical (unpaired) electrons. The van der Waals surface area contributed by atoms with E-state index in [1.54, 1.807) is 26.0 Å². The second-order valence-electron chi connectivity index (χ2n) is 6.02. The van der Waals surface area contributed by atoms with Crippen LogP contribution in [0.4, 0.5) is 0 Å². The Bertz CT molecular complexity index is 501. The third kappa shape index (κ3) is 2.89. The largest absolute Gasteiger partial charge is 0.508 e. The Balaban J connectivity index is 2.16. The van der Waals surface area contributed by atoms with Crippen LogP contribution in [0.1, 0.15) is 56.0 Å². The minimum Gasteiger partial charge on any atom is -0.508 e. The summed E-state index contributed by atoms with van der Waals surface area (Å²) in [5.74, 6) is -0.326. The number of hydrogen-bond donors (Lipinski definition) is 2. The number of fused-ring (bicyclic) bond motifs is 1. The molecule has 1 aromatic carbocycles. The van der Waals surface area contributed by atoms with Crippen molar-refractivity contribution in [1.29, 1.82) is 0 Å². The maximum absolute atomic E-state index is 11.8. The van der Waals surface area contributed by atoms with Gasteiger partial charge in [-0.05, 0) is 52.2 Å². The highest BCUT2D eigenvalue weighted by Gasteiger charge is 2.41. The van der Waals surface area contributed by atoms with Crippen molar-refractivity contribution in [3.05, 3.63) is 29.3 Å². The molecule has 1 aliphatic heterocycles. The molecular formula is C15H20O4. The van der Waals surface area contributed by atoms with Crippen LogP contribution in [0.25, 0.3) is 0 Å². The van der Waals surface area contributed by atoms with Crippen LogP contribution in [0.3, 0.4) is 0 Å². The van der Waals surface area contributed by atoms with E-state index in [-0.39, 0.29) is 5.75 Å². The summed E-state index contributed by atoms with van der Waals surface area (Å²) in [4.78, 5) is 11.8. The molecule has 0 amide bonds. The Kier molecular flexibility index (Phi) is 3.31. The molecule has 1 aliphatic rings. The predicted molar refractivity (Wildman–Crippen MR) is 71.0 cm³/mol. The van der Waals surface area contributed by atoms with Gasteiger partial charge in [0.25, 0.3) is 0 Å². The summed E-state index contributed by atoms with van der Waals surface area (Å²) in [7, 11) is 0. The lowest BCUT2D eigenvalue weighted by Crippen LogP contribution is -2.24. The van der Waals surface area contributed by atoms with E-state index in [4.69, 9.17) is 4.74 Å². The molecule has 4 nitrogen and oxygen atoms in total. The van der Waals surface area contributed by atoms with Gasteiger partial charge in [0.15, 0.2) is 0 Å². The van der Waals surface area contributed by atoms with E-state index in [2.05, 4.69) is 0 Å². The number of esters is 1. The van der Waals surface area contributed by atoms with E-state index in [9.17, 15) is 15.0 Å². The SMILES string of the molecule is CC(C)(O)CCCC1(C)OC(=O)c2cc(O)ccc21. The Morgan fingerprint density at radius 3 is 2.68 bits per heavy atom. The minimum absolute atomic E-state index is 0.0661. The highest BCUT2D eigenvalue weighted by Crippen LogP contribution is 2.41. The highest BCUT2D eigenvalue weighted by atomic mass is 16.6. The summed E-state index contributed by atoms with van der Waals surface area (Å²) in [5.41, 5.74) is -0.126. The summed E-state index contributed by atoms with van der Waals surface area (Å²) < 4.78 is 5.46. The Morgan fingerprint density at radius 2 is 2.05 bits per heavy atom. The molecule has 1 aromatic rings. The number of carbonyl (C=O) groups excluding carboxylic acids is 1. The molecule has 0 saturated carbocycles. The summed E-state index contributed by atoms with van der Waals surface area (Å²) in [6.07, 6.45) is 2.06. The average Bonchev–Trinajstić information content (AvgIpc) is 2.49. The van der Waals surface area contributed by atoms with Gasteiger partial charge in [-0.2, -0.15) is 0 Å². The van der Waals surface area contributed by atoms with Crippen molar-refractivity contribution < 1.29 is 19.7 Å². The van der Waals surface area contributed by atoms with Crippen molar-refractivity contribution in [3.63, 3.8) is 0 Å². The van der Waals surface area contributed by atoms with Crippen LogP contribution >= 0.6 is 0 Å². The van der Waals surface area contributed by atoms with Crippen LogP contribution in [0.2, 0.25) is 0 Å². The zero-order valence-corrected chi connectivity index (χ0v) is 11.6. The van der Waals surface area contributed by atoms with Gasteiger partial charge in [-0.15, -0.1) is 0 Å². The molecule has 0 aromatic heterocycles. The van der Waals surface area contributed by atoms with Crippen LogP contribution in [-0.4, -0.2) is 21.8 Å². The minimum atomic E-state index is -0.712. The van der Waals surface area contributed by atoms with Gasteiger partial charge in [0.1, 0.15) is 11.4 Å². The fraction of sp³-hybridized carbons (Fsp3) is 0.533. The molecule has 0 spiro atoms. The first-order valence-corrected chi connectivity index (χ1v) is 6.50. The van der Waals surface area contributed by atoms with E-state index in [0.717, 1.165) is 12.0 Å². The second-order valence-corrected chi connectivity index (χ2v) is 6.02. The van der Waals surface area contributed by atoms with Gasteiger partial charge in [-0.1, -0.05) is 6.07 Å². The first kappa shape index (κ1) is 13.9. The third-order valence-corrected chi connectivity index (χ3v) is 3.55. The maximum atomic E-state index is 11.8. The molecule has 0 fully saturated rings. The monoisotopic (exact) mass is 264 g/mol. The standard InChI is InChI=1S/C15H20O4/c1-14(2,18)7-4-8-15(3)12-6-5-10(16)9-11(12)13(17)19-15/h5-6,9,16,18H,4,7-8H2,1-3H3. The summed E-state index contributed by atoms with van der Waals surface area (Å²) >= 11 is 0. The lowest BCUT2D eigenvalue weighted by Gasteiger charge is -2.26. The Hall–Kier alpha value is -1.55. The molecule has 4 heteroatoms. The Labute approximate surface area is 113 Å². The number of rotatable bonds is 4. The molecule has 0 aliphatic carbocycles. The molecular weight excluding hydrogens is 244 g/mol. The second kappa shape index (κ2) is 4.53. The zero-order valence-electron chi connectivity index (χ0n) is 11.6. The molecule has 0 bridgehead atoms. The van der Waals surface area contributed by atoms with Crippen LogP contribution in [-0.2, 0) is 10.3 Å². The number of cyclic esters (lactones) is 1. The fourth-order valence-corrected chi connectivity index (χ4v) is 2.52. The molecule has 104 valence electrons. The quantitative estimate of drug-likeness (QED) is 0.821. The number of aliphatic hydroxyl groups is 1. The third-order valence-electron chi connectivity index (χ3n) is 3.55. The van der Waals surface area contributed by atoms with Crippen molar-refractivity contribution in [2.45, 2.75) is 51.2 Å². The van der Waals surface area contributed by atoms with Crippen LogP contribution < -0.4 is 0 Å². The van der Waals surface area contributed by atoms with Crippen LogP contribution in [0.5, 0.6) is 5.75 Å². The number of carbonyl (C=O) groups is 1. The van der Waals surface area contributed by atoms with Crippen molar-refractivity contribution in [1.82, 2.24) is 0 Å². The molecule has 1 unspecified atom stereocenters. The molecule has 0 saturated heterocycles. The number of aromatic hydroxyl groups is 1. The summed E-state index contributed by atoms with van der Waals surface area (Å²) in [5, 5.41) is 19.1. The normalized spacial score (nSPS) is 22.2. The molecule has 19 heavy (non-hydrogen) atoms. The van der Waals surface area contributed by atoms with E-state index in [1.165, 1.54) is 6.07 Å². The van der Waals surface area contributed by atoms with Crippen LogP contribution in [0, 0.1) is 0 Å². The van der Waals surface area contributed by atoms with Crippen molar-refractivity contribution >= 4 is 5.97 Å². The van der Waals surface area contributed by atoms with Crippen LogP contribution in [0.15, 0.2) is 18.2 Å². The number of phenols is 1. The van der Waals surface area contributed by atoms with Gasteiger partial charge in [0, 0.05) is 5.56 Å². The lowest BCUT2D eigenvalue weighted by molar-refractivity contribution is -0.00813. The zero-order chi connectivity index (χ0) is 14.3. The number of phenolic OH excluding ortho intramolecular Hbond substituents is 1. The average molecular weight is 264 g/mol. The lowest BCUT2D eigenvalue weighted by atomic mass is 9.87. The van der Waals surface area contributed by atoms with Crippen molar-refractivity contribution in [2.24, 2.45) is 0 Å². The van der Waals surface area contributed by atoms with E-state index in [1.807, 2.05) is 6.92 Å². The highest BCUT2D eigenvalue weighted by molar-refractivity contribution is 5.95. The number of hydrogen-bond acceptors (Lipinski definition) is 4. The number of ether oxygens (including phenoxy) is 1. The molecule has 1 atom stereocenters. The smallest absolute Gasteiger partial charge is 0.339 e. The molecule has 1 heterocycles. The summed E-state index contributed by atoms with van der Waals surface area (Å²) in [6, 6.07) is 4.74. The fourth-order valence-electron chi connectivity index (χ4n) is 2.52. The van der Waals surface area contributed by atoms with Crippen molar-refractivity contribution in [3.8, 4) is 5.75 Å². The molecule has 2 N–H and O–H groups in total. The van der Waals surface area contributed by atoms with Gasteiger partial charge in [-0.25, -0.2) is 4.79 Å². The Morgan fingerprint density at radius 1 is 1.37 bits per heavy atom. The predicted octanol–water partition coefficient (Wildman–Crippen LogP) is 2.72. The van der Waals surface area contributed by atoms with Gasteiger partial charge in [0.05, 0.1) is 11.2 Å². The molecule has 2 rings (SSSR count). The summed E-state index contributed by atoms with van der Waals surface area (Å²) in [6.45, 7) is 5.40. The number of benzene rings is 1. The van der Waals surface area contributed by atoms with Gasteiger partial charge in [0.2, 0.25) is 0 Å². The van der Waals surface area contributed by atoms with Crippen molar-refractivity contribution in [2.75, 3.05) is 0 Å². The van der Waals surface area contributed by atoms with Gasteiger partial charge in [-0.3, -0.25) is 0 Å². The van der Waals surface area contributed by atoms with E-state index >= 15 is 0 Å². The topological polar surface area (TPSA) is 66.8 Å². The van der Waals surface area contributed by atoms with Gasteiger partial charge >= 0.3 is 5.97 Å². The first-order valence-electron chi connectivity index (χ1n) is 6.50. The van der Waals surface area contributed by atoms with E-state index < -0.39 is 17.2 Å². The first-order chi connectivity index (χ1) is 8.71. The van der Waals surface area contributed by atoms with Gasteiger partial charge < -0.3 is 14.9 Å². The van der Waals surface area contributed by atoms with E-state index in [0.29, 0.717) is 18.4 Å².